The molecule has 1 saturated carbocycles. The Labute approximate surface area is 175 Å². The van der Waals surface area contributed by atoms with Crippen LogP contribution in [0.2, 0.25) is 0 Å². The Hall–Kier alpha value is -2.03. The second kappa shape index (κ2) is 10.7. The number of piperidine rings is 1. The molecule has 8 nitrogen and oxygen atoms in total. The first-order valence-corrected chi connectivity index (χ1v) is 11.6. The maximum atomic E-state index is 12.4. The topological polar surface area (TPSA) is 105 Å². The third-order valence-electron chi connectivity index (χ3n) is 5.52. The molecule has 160 valence electrons. The fraction of sp³-hybridized carbons (Fsp3) is 0.700. The molecule has 2 aliphatic rings. The molecule has 0 bridgehead atoms. The molecule has 1 aromatic heterocycles. The molecule has 9 heteroatoms. The van der Waals surface area contributed by atoms with Gasteiger partial charge in [0.15, 0.2) is 5.82 Å². The Morgan fingerprint density at radius 1 is 1.14 bits per heavy atom. The van der Waals surface area contributed by atoms with Gasteiger partial charge in [0.2, 0.25) is 17.7 Å². The van der Waals surface area contributed by atoms with Gasteiger partial charge in [0.25, 0.3) is 0 Å². The summed E-state index contributed by atoms with van der Waals surface area (Å²) in [4.78, 5) is 38.5. The van der Waals surface area contributed by atoms with Crippen LogP contribution in [-0.4, -0.2) is 58.4 Å². The fourth-order valence-corrected chi connectivity index (χ4v) is 4.60. The average molecular weight is 423 g/mol. The van der Waals surface area contributed by atoms with Crippen LogP contribution in [0.5, 0.6) is 0 Å². The standard InChI is InChI=1S/C20H30N4O4S/c1-14-11-17(23-28-14)22-18(25)12-29-13-19(26)24-9-7-16(8-10-24)21-20(27)15-5-3-2-4-6-15/h11,15-16H,2-10,12-13H2,1H3,(H,21,27)(H,22,23,25). The summed E-state index contributed by atoms with van der Waals surface area (Å²) in [6.45, 7) is 3.06. The van der Waals surface area contributed by atoms with Crippen molar-refractivity contribution in [1.29, 1.82) is 0 Å². The largest absolute Gasteiger partial charge is 0.360 e. The summed E-state index contributed by atoms with van der Waals surface area (Å²) in [7, 11) is 0. The van der Waals surface area contributed by atoms with Crippen molar-refractivity contribution in [1.82, 2.24) is 15.4 Å². The van der Waals surface area contributed by atoms with Gasteiger partial charge in [-0.25, -0.2) is 0 Å². The van der Waals surface area contributed by atoms with E-state index in [4.69, 9.17) is 4.52 Å². The molecular weight excluding hydrogens is 392 g/mol. The highest BCUT2D eigenvalue weighted by Gasteiger charge is 2.27. The molecule has 1 saturated heterocycles. The summed E-state index contributed by atoms with van der Waals surface area (Å²) < 4.78 is 4.90. The second-order valence-corrected chi connectivity index (χ2v) is 8.85. The van der Waals surface area contributed by atoms with Crippen LogP contribution in [0.25, 0.3) is 0 Å². The number of carbonyl (C=O) groups is 3. The number of likely N-dealkylation sites (tertiary alicyclic amines) is 1. The van der Waals surface area contributed by atoms with E-state index in [2.05, 4.69) is 15.8 Å². The van der Waals surface area contributed by atoms with Crippen molar-refractivity contribution >= 4 is 35.3 Å². The monoisotopic (exact) mass is 422 g/mol. The average Bonchev–Trinajstić information content (AvgIpc) is 3.13. The molecule has 1 aliphatic carbocycles. The van der Waals surface area contributed by atoms with E-state index < -0.39 is 0 Å². The van der Waals surface area contributed by atoms with Gasteiger partial charge in [0, 0.05) is 31.1 Å². The summed E-state index contributed by atoms with van der Waals surface area (Å²) in [5.41, 5.74) is 0. The minimum atomic E-state index is -0.208. The van der Waals surface area contributed by atoms with Crippen LogP contribution < -0.4 is 10.6 Å². The van der Waals surface area contributed by atoms with Crippen LogP contribution in [0.15, 0.2) is 10.6 Å². The van der Waals surface area contributed by atoms with E-state index in [1.807, 2.05) is 4.90 Å². The first-order chi connectivity index (χ1) is 14.0. The number of hydrogen-bond donors (Lipinski definition) is 2. The Morgan fingerprint density at radius 2 is 1.86 bits per heavy atom. The zero-order valence-electron chi connectivity index (χ0n) is 16.9. The molecule has 2 fully saturated rings. The van der Waals surface area contributed by atoms with Crippen LogP contribution in [0.1, 0.15) is 50.7 Å². The summed E-state index contributed by atoms with van der Waals surface area (Å²) in [6, 6.07) is 1.81. The number of carbonyl (C=O) groups excluding carboxylic acids is 3. The van der Waals surface area contributed by atoms with Crippen LogP contribution >= 0.6 is 11.8 Å². The maximum Gasteiger partial charge on any atom is 0.235 e. The van der Waals surface area contributed by atoms with E-state index in [0.717, 1.165) is 38.5 Å². The van der Waals surface area contributed by atoms with E-state index in [0.29, 0.717) is 24.7 Å². The number of nitrogens with zero attached hydrogens (tertiary/aromatic N) is 2. The maximum absolute atomic E-state index is 12.4. The quantitative estimate of drug-likeness (QED) is 0.699. The molecule has 0 atom stereocenters. The normalized spacial score (nSPS) is 18.4. The van der Waals surface area contributed by atoms with Gasteiger partial charge < -0.3 is 20.1 Å². The number of thioether (sulfide) groups is 1. The van der Waals surface area contributed by atoms with Gasteiger partial charge in [0.1, 0.15) is 5.76 Å². The van der Waals surface area contributed by atoms with Gasteiger partial charge in [-0.2, -0.15) is 0 Å². The SMILES string of the molecule is Cc1cc(NC(=O)CSCC(=O)N2CCC(NC(=O)C3CCCCC3)CC2)no1. The minimum Gasteiger partial charge on any atom is -0.360 e. The zero-order valence-corrected chi connectivity index (χ0v) is 17.8. The van der Waals surface area contributed by atoms with Crippen molar-refractivity contribution in [3.05, 3.63) is 11.8 Å². The van der Waals surface area contributed by atoms with Crippen LogP contribution in [0.4, 0.5) is 5.82 Å². The van der Waals surface area contributed by atoms with E-state index in [1.165, 1.54) is 18.2 Å². The first kappa shape index (κ1) is 21.7. The molecule has 29 heavy (non-hydrogen) atoms. The number of nitrogens with one attached hydrogen (secondary N) is 2. The Balaban J connectivity index is 1.30. The molecule has 2 heterocycles. The van der Waals surface area contributed by atoms with Gasteiger partial charge in [-0.1, -0.05) is 24.4 Å². The summed E-state index contributed by atoms with van der Waals surface area (Å²) >= 11 is 1.29. The fourth-order valence-electron chi connectivity index (χ4n) is 3.88. The molecule has 3 amide bonds. The van der Waals surface area contributed by atoms with E-state index in [1.54, 1.807) is 13.0 Å². The van der Waals surface area contributed by atoms with Crippen LogP contribution in [-0.2, 0) is 14.4 Å². The number of amides is 3. The summed E-state index contributed by atoms with van der Waals surface area (Å²) in [5, 5.41) is 9.53. The molecule has 1 aromatic rings. The third-order valence-corrected chi connectivity index (χ3v) is 6.44. The lowest BCUT2D eigenvalue weighted by atomic mass is 9.88. The second-order valence-electron chi connectivity index (χ2n) is 7.86. The minimum absolute atomic E-state index is 0.0390. The van der Waals surface area contributed by atoms with Gasteiger partial charge >= 0.3 is 0 Å². The van der Waals surface area contributed by atoms with Crippen molar-refractivity contribution in [2.24, 2.45) is 5.92 Å². The van der Waals surface area contributed by atoms with E-state index >= 15 is 0 Å². The first-order valence-electron chi connectivity index (χ1n) is 10.4. The molecule has 2 N–H and O–H groups in total. The Morgan fingerprint density at radius 3 is 2.52 bits per heavy atom. The number of aromatic nitrogens is 1. The molecule has 0 unspecified atom stereocenters. The number of rotatable bonds is 7. The highest BCUT2D eigenvalue weighted by atomic mass is 32.2. The lowest BCUT2D eigenvalue weighted by Crippen LogP contribution is -2.48. The van der Waals surface area contributed by atoms with Gasteiger partial charge in [-0.15, -0.1) is 11.8 Å². The predicted molar refractivity (Wildman–Crippen MR) is 112 cm³/mol. The van der Waals surface area contributed by atoms with Crippen molar-refractivity contribution in [3.63, 3.8) is 0 Å². The molecular formula is C20H30N4O4S. The zero-order chi connectivity index (χ0) is 20.6. The van der Waals surface area contributed by atoms with Gasteiger partial charge in [-0.3, -0.25) is 14.4 Å². The van der Waals surface area contributed by atoms with Crippen molar-refractivity contribution in [2.75, 3.05) is 29.9 Å². The van der Waals surface area contributed by atoms with Crippen molar-refractivity contribution < 1.29 is 18.9 Å². The number of anilines is 1. The summed E-state index contributed by atoms with van der Waals surface area (Å²) in [5.74, 6) is 1.66. The predicted octanol–water partition coefficient (Wildman–Crippen LogP) is 2.34. The van der Waals surface area contributed by atoms with E-state index in [-0.39, 0.29) is 41.2 Å². The van der Waals surface area contributed by atoms with E-state index in [9.17, 15) is 14.4 Å². The smallest absolute Gasteiger partial charge is 0.235 e. The molecule has 0 spiro atoms. The van der Waals surface area contributed by atoms with Gasteiger partial charge in [-0.05, 0) is 32.6 Å². The highest BCUT2D eigenvalue weighted by molar-refractivity contribution is 8.00. The van der Waals surface area contributed by atoms with Gasteiger partial charge in [0.05, 0.1) is 11.5 Å². The molecule has 0 aromatic carbocycles. The Bertz CT molecular complexity index is 709. The summed E-state index contributed by atoms with van der Waals surface area (Å²) in [6.07, 6.45) is 7.14. The Kier molecular flexibility index (Phi) is 7.97. The third kappa shape index (κ3) is 6.76. The number of hydrogen-bond acceptors (Lipinski definition) is 6. The van der Waals surface area contributed by atoms with Crippen LogP contribution in [0, 0.1) is 12.8 Å². The number of aryl methyl sites for hydroxylation is 1. The lowest BCUT2D eigenvalue weighted by molar-refractivity contribution is -0.130. The lowest BCUT2D eigenvalue weighted by Gasteiger charge is -2.33. The molecule has 3 rings (SSSR count). The highest BCUT2D eigenvalue weighted by Crippen LogP contribution is 2.24. The van der Waals surface area contributed by atoms with Crippen molar-refractivity contribution in [2.45, 2.75) is 57.9 Å². The molecule has 0 radical (unpaired) electrons. The van der Waals surface area contributed by atoms with Crippen LogP contribution in [0.3, 0.4) is 0 Å². The molecule has 1 aliphatic heterocycles. The van der Waals surface area contributed by atoms with Crippen molar-refractivity contribution in [3.8, 4) is 0 Å².